The monoisotopic (exact) mass is 1350 g/mol. The first kappa shape index (κ1) is 90.1. The second-order valence-electron chi connectivity index (χ2n) is 27.1. The van der Waals surface area contributed by atoms with Crippen LogP contribution in [-0.4, -0.2) is 96.7 Å². The van der Waals surface area contributed by atoms with Crippen LogP contribution in [-0.2, 0) is 65.4 Å². The van der Waals surface area contributed by atoms with Gasteiger partial charge in [-0.1, -0.05) is 324 Å². The van der Waals surface area contributed by atoms with Crippen molar-refractivity contribution in [2.24, 2.45) is 11.8 Å². The Bertz CT molecular complexity index is 1790. The van der Waals surface area contributed by atoms with Gasteiger partial charge in [-0.2, -0.15) is 0 Å². The molecule has 0 aromatic heterocycles. The van der Waals surface area contributed by atoms with Gasteiger partial charge in [-0.25, -0.2) is 9.13 Å². The summed E-state index contributed by atoms with van der Waals surface area (Å²) in [4.78, 5) is 72.7. The Morgan fingerprint density at radius 1 is 0.315 bits per heavy atom. The Hall–Kier alpha value is -1.94. The number of unbranched alkanes of at least 4 members (excludes halogenated alkanes) is 41. The minimum absolute atomic E-state index is 0.106. The van der Waals surface area contributed by atoms with Crippen molar-refractivity contribution < 1.29 is 80.2 Å². The summed E-state index contributed by atoms with van der Waals surface area (Å²) < 4.78 is 68.4. The number of rotatable bonds is 72. The summed E-state index contributed by atoms with van der Waals surface area (Å²) in [6, 6.07) is 0. The van der Waals surface area contributed by atoms with Gasteiger partial charge in [-0.3, -0.25) is 37.3 Å². The molecule has 0 bridgehead atoms. The van der Waals surface area contributed by atoms with Crippen molar-refractivity contribution in [3.05, 3.63) is 0 Å². The SMILES string of the molecule is CCCCCCCCCCCCCCCCCC(=O)O[C@H](COC(=O)CCCCCCCCCCCCC(C)CC)COP(=O)(O)OC[C@@H](O)COP(=O)(O)OC[C@@H](COC(=O)CCCCCCCCCCCCC)OC(=O)CCCCCCCCCCCC(C)C. The van der Waals surface area contributed by atoms with Gasteiger partial charge in [0.15, 0.2) is 12.2 Å². The molecule has 0 aliphatic carbocycles. The van der Waals surface area contributed by atoms with Crippen LogP contribution in [0.1, 0.15) is 375 Å². The molecule has 0 saturated carbocycles. The predicted molar refractivity (Wildman–Crippen MR) is 372 cm³/mol. The molecule has 0 aliphatic heterocycles. The summed E-state index contributed by atoms with van der Waals surface area (Å²) in [5.41, 5.74) is 0. The smallest absolute Gasteiger partial charge is 0.462 e. The zero-order valence-electron chi connectivity index (χ0n) is 59.9. The third kappa shape index (κ3) is 65.4. The molecule has 0 saturated heterocycles. The molecule has 17 nitrogen and oxygen atoms in total. The van der Waals surface area contributed by atoms with E-state index in [2.05, 4.69) is 41.5 Å². The van der Waals surface area contributed by atoms with Gasteiger partial charge in [-0.05, 0) is 37.5 Å². The molecular weight excluding hydrogens is 1210 g/mol. The molecule has 0 fully saturated rings. The number of phosphoric ester groups is 2. The van der Waals surface area contributed by atoms with E-state index in [1.54, 1.807) is 0 Å². The average molecular weight is 1350 g/mol. The van der Waals surface area contributed by atoms with Gasteiger partial charge in [0.2, 0.25) is 0 Å². The summed E-state index contributed by atoms with van der Waals surface area (Å²) in [7, 11) is -9.91. The number of aliphatic hydroxyl groups excluding tert-OH is 1. The van der Waals surface area contributed by atoms with Crippen molar-refractivity contribution in [3.8, 4) is 0 Å². The van der Waals surface area contributed by atoms with E-state index in [4.69, 9.17) is 37.0 Å². The van der Waals surface area contributed by atoms with Crippen molar-refractivity contribution in [3.63, 3.8) is 0 Å². The van der Waals surface area contributed by atoms with Gasteiger partial charge in [-0.15, -0.1) is 0 Å². The van der Waals surface area contributed by atoms with E-state index in [1.165, 1.54) is 193 Å². The number of ether oxygens (including phenoxy) is 4. The van der Waals surface area contributed by atoms with Gasteiger partial charge in [0, 0.05) is 25.7 Å². The van der Waals surface area contributed by atoms with Crippen LogP contribution in [0.25, 0.3) is 0 Å². The van der Waals surface area contributed by atoms with Crippen molar-refractivity contribution >= 4 is 39.5 Å². The van der Waals surface area contributed by atoms with E-state index in [9.17, 15) is 43.2 Å². The lowest BCUT2D eigenvalue weighted by molar-refractivity contribution is -0.161. The molecule has 0 heterocycles. The first-order chi connectivity index (χ1) is 44.4. The molecule has 3 unspecified atom stereocenters. The second-order valence-corrected chi connectivity index (χ2v) is 30.0. The zero-order valence-corrected chi connectivity index (χ0v) is 61.6. The molecule has 92 heavy (non-hydrogen) atoms. The maximum absolute atomic E-state index is 13.1. The lowest BCUT2D eigenvalue weighted by Crippen LogP contribution is -2.30. The molecule has 546 valence electrons. The molecule has 0 aromatic rings. The third-order valence-electron chi connectivity index (χ3n) is 17.3. The number of esters is 4. The number of phosphoric acid groups is 2. The number of aliphatic hydroxyl groups is 1. The lowest BCUT2D eigenvalue weighted by atomic mass is 9.99. The first-order valence-corrected chi connectivity index (χ1v) is 41.0. The molecule has 0 amide bonds. The predicted octanol–water partition coefficient (Wildman–Crippen LogP) is 21.2. The number of hydrogen-bond donors (Lipinski definition) is 3. The van der Waals surface area contributed by atoms with Gasteiger partial charge in [0.25, 0.3) is 0 Å². The molecule has 0 spiro atoms. The molecular formula is C73H142O17P2. The van der Waals surface area contributed by atoms with Crippen molar-refractivity contribution in [1.82, 2.24) is 0 Å². The van der Waals surface area contributed by atoms with Crippen LogP contribution in [0.5, 0.6) is 0 Å². The Morgan fingerprint density at radius 3 is 0.826 bits per heavy atom. The van der Waals surface area contributed by atoms with Gasteiger partial charge in [0.1, 0.15) is 19.3 Å². The molecule has 0 aromatic carbocycles. The molecule has 19 heteroatoms. The standard InChI is InChI=1S/C73H142O17P2/c1-7-10-12-14-16-18-20-21-22-23-25-33-39-45-51-57-72(77)89-68(61-84-71(76)56-50-44-38-32-27-26-30-36-42-48-54-66(6)9-3)63-87-91(79,80)85-59-67(74)60-86-92(81,82)88-64-69(62-83-70(75)55-49-43-37-31-24-19-17-15-13-11-8-2)90-73(78)58-52-46-40-34-28-29-35-41-47-53-65(4)5/h65-69,74H,7-64H2,1-6H3,(H,79,80)(H,81,82)/t66?,67-,68-,69-/m1/s1. The van der Waals surface area contributed by atoms with E-state index < -0.39 is 97.5 Å². The number of carbonyl (C=O) groups excluding carboxylic acids is 4. The van der Waals surface area contributed by atoms with Crippen molar-refractivity contribution in [2.45, 2.75) is 394 Å². The quantitative estimate of drug-likeness (QED) is 0.0222. The summed E-state index contributed by atoms with van der Waals surface area (Å²) in [6.07, 6.45) is 51.1. The minimum Gasteiger partial charge on any atom is -0.462 e. The Morgan fingerprint density at radius 2 is 0.554 bits per heavy atom. The molecule has 0 aliphatic rings. The largest absolute Gasteiger partial charge is 0.472 e. The van der Waals surface area contributed by atoms with Crippen LogP contribution in [0, 0.1) is 11.8 Å². The van der Waals surface area contributed by atoms with Gasteiger partial charge in [0.05, 0.1) is 26.4 Å². The van der Waals surface area contributed by atoms with Crippen LogP contribution in [0.15, 0.2) is 0 Å². The van der Waals surface area contributed by atoms with E-state index in [0.29, 0.717) is 25.7 Å². The molecule has 3 N–H and O–H groups in total. The molecule has 0 radical (unpaired) electrons. The highest BCUT2D eigenvalue weighted by molar-refractivity contribution is 7.47. The van der Waals surface area contributed by atoms with Crippen molar-refractivity contribution in [2.75, 3.05) is 39.6 Å². The first-order valence-electron chi connectivity index (χ1n) is 38.0. The fraction of sp³-hybridized carbons (Fsp3) is 0.945. The van der Waals surface area contributed by atoms with Gasteiger partial charge >= 0.3 is 39.5 Å². The normalized spacial score (nSPS) is 14.4. The average Bonchev–Trinajstić information content (AvgIpc) is 3.49. The Balaban J connectivity index is 5.26. The Kier molecular flexibility index (Phi) is 63.7. The maximum atomic E-state index is 13.1. The molecule has 0 rings (SSSR count). The van der Waals surface area contributed by atoms with Crippen LogP contribution in [0.3, 0.4) is 0 Å². The third-order valence-corrected chi connectivity index (χ3v) is 19.2. The van der Waals surface area contributed by atoms with E-state index in [1.807, 2.05) is 0 Å². The lowest BCUT2D eigenvalue weighted by Gasteiger charge is -2.21. The maximum Gasteiger partial charge on any atom is 0.472 e. The van der Waals surface area contributed by atoms with Crippen molar-refractivity contribution in [1.29, 1.82) is 0 Å². The molecule has 6 atom stereocenters. The van der Waals surface area contributed by atoms with Gasteiger partial charge < -0.3 is 33.8 Å². The highest BCUT2D eigenvalue weighted by atomic mass is 31.2. The summed E-state index contributed by atoms with van der Waals surface area (Å²) in [5.74, 6) is -0.572. The van der Waals surface area contributed by atoms with Crippen LogP contribution in [0.2, 0.25) is 0 Å². The fourth-order valence-corrected chi connectivity index (χ4v) is 12.7. The van der Waals surface area contributed by atoms with Crippen LogP contribution >= 0.6 is 15.6 Å². The van der Waals surface area contributed by atoms with E-state index in [-0.39, 0.29) is 25.7 Å². The minimum atomic E-state index is -4.95. The van der Waals surface area contributed by atoms with Crippen LogP contribution < -0.4 is 0 Å². The van der Waals surface area contributed by atoms with E-state index >= 15 is 0 Å². The second kappa shape index (κ2) is 65.0. The van der Waals surface area contributed by atoms with Crippen LogP contribution in [0.4, 0.5) is 0 Å². The highest BCUT2D eigenvalue weighted by Crippen LogP contribution is 2.45. The zero-order chi connectivity index (χ0) is 67.9. The Labute approximate surface area is 562 Å². The highest BCUT2D eigenvalue weighted by Gasteiger charge is 2.30. The fourth-order valence-electron chi connectivity index (χ4n) is 11.1. The summed E-state index contributed by atoms with van der Waals surface area (Å²) in [6.45, 7) is 9.58. The summed E-state index contributed by atoms with van der Waals surface area (Å²) >= 11 is 0. The topological polar surface area (TPSA) is 237 Å². The number of carbonyl (C=O) groups is 4. The number of hydrogen-bond acceptors (Lipinski definition) is 15. The summed E-state index contributed by atoms with van der Waals surface area (Å²) in [5, 5.41) is 10.6. The van der Waals surface area contributed by atoms with E-state index in [0.717, 1.165) is 102 Å².